The van der Waals surface area contributed by atoms with Crippen LogP contribution in [0.15, 0.2) is 30.3 Å². The van der Waals surface area contributed by atoms with Crippen molar-refractivity contribution >= 4 is 5.97 Å². The molecule has 1 aliphatic rings. The van der Waals surface area contributed by atoms with Crippen molar-refractivity contribution in [3.8, 4) is 11.1 Å². The van der Waals surface area contributed by atoms with Crippen LogP contribution < -0.4 is 0 Å². The molecular formula is C18H22N2O3. The second-order valence-electron chi connectivity index (χ2n) is 5.97. The van der Waals surface area contributed by atoms with Crippen molar-refractivity contribution in [2.75, 3.05) is 26.3 Å². The third kappa shape index (κ3) is 3.30. The van der Waals surface area contributed by atoms with E-state index in [0.29, 0.717) is 6.04 Å². The Labute approximate surface area is 135 Å². The van der Waals surface area contributed by atoms with Gasteiger partial charge in [0.25, 0.3) is 0 Å². The molecular weight excluding hydrogens is 292 g/mol. The van der Waals surface area contributed by atoms with Gasteiger partial charge >= 0.3 is 5.97 Å². The smallest absolute Gasteiger partial charge is 0.352 e. The Hall–Kier alpha value is -2.11. The number of aromatic carboxylic acids is 1. The van der Waals surface area contributed by atoms with Crippen LogP contribution in [0, 0.1) is 6.92 Å². The first-order chi connectivity index (χ1) is 11.1. The third-order valence-corrected chi connectivity index (χ3v) is 4.54. The van der Waals surface area contributed by atoms with Gasteiger partial charge in [0.2, 0.25) is 0 Å². The fourth-order valence-electron chi connectivity index (χ4n) is 3.09. The average molecular weight is 314 g/mol. The Morgan fingerprint density at radius 1 is 1.26 bits per heavy atom. The molecule has 1 aliphatic heterocycles. The van der Waals surface area contributed by atoms with Crippen LogP contribution in [0.2, 0.25) is 0 Å². The van der Waals surface area contributed by atoms with Gasteiger partial charge in [-0.1, -0.05) is 24.3 Å². The number of nitrogens with zero attached hydrogens (tertiary/aromatic N) is 1. The molecule has 0 radical (unpaired) electrons. The molecule has 0 unspecified atom stereocenters. The van der Waals surface area contributed by atoms with Gasteiger partial charge in [-0.2, -0.15) is 0 Å². The van der Waals surface area contributed by atoms with Crippen molar-refractivity contribution < 1.29 is 14.6 Å². The van der Waals surface area contributed by atoms with Gasteiger partial charge in [-0.05, 0) is 31.0 Å². The van der Waals surface area contributed by atoms with E-state index in [9.17, 15) is 4.79 Å². The van der Waals surface area contributed by atoms with E-state index in [1.165, 1.54) is 5.56 Å². The number of rotatable bonds is 4. The van der Waals surface area contributed by atoms with Crippen molar-refractivity contribution in [2.45, 2.75) is 19.9 Å². The molecule has 1 aromatic heterocycles. The van der Waals surface area contributed by atoms with E-state index in [4.69, 9.17) is 9.84 Å². The Morgan fingerprint density at radius 2 is 1.91 bits per heavy atom. The molecule has 5 heteroatoms. The SMILES string of the molecule is Cc1[nH]c(C(=O)O)cc1-c1ccc([C@H](C)N2CCOCC2)cc1. The molecule has 5 nitrogen and oxygen atoms in total. The summed E-state index contributed by atoms with van der Waals surface area (Å²) in [5, 5.41) is 9.08. The maximum atomic E-state index is 11.1. The van der Waals surface area contributed by atoms with Crippen molar-refractivity contribution in [2.24, 2.45) is 0 Å². The number of H-pyrrole nitrogens is 1. The number of aromatic amines is 1. The second kappa shape index (κ2) is 6.56. The van der Waals surface area contributed by atoms with Gasteiger partial charge in [0.1, 0.15) is 5.69 Å². The lowest BCUT2D eigenvalue weighted by atomic mass is 10.0. The first-order valence-corrected chi connectivity index (χ1v) is 7.91. The van der Waals surface area contributed by atoms with Crippen molar-refractivity contribution in [1.29, 1.82) is 0 Å². The highest BCUT2D eigenvalue weighted by Gasteiger charge is 2.18. The summed E-state index contributed by atoms with van der Waals surface area (Å²) in [5.74, 6) is -0.933. The molecule has 0 aliphatic carbocycles. The number of morpholine rings is 1. The average Bonchev–Trinajstić information content (AvgIpc) is 2.97. The second-order valence-corrected chi connectivity index (χ2v) is 5.97. The summed E-state index contributed by atoms with van der Waals surface area (Å²) in [6.07, 6.45) is 0. The number of aromatic nitrogens is 1. The molecule has 1 saturated heterocycles. The summed E-state index contributed by atoms with van der Waals surface area (Å²) >= 11 is 0. The lowest BCUT2D eigenvalue weighted by molar-refractivity contribution is 0.0198. The lowest BCUT2D eigenvalue weighted by Gasteiger charge is -2.32. The normalized spacial score (nSPS) is 17.1. The summed E-state index contributed by atoms with van der Waals surface area (Å²) in [6.45, 7) is 7.62. The number of nitrogens with one attached hydrogen (secondary N) is 1. The summed E-state index contributed by atoms with van der Waals surface area (Å²) in [7, 11) is 0. The van der Waals surface area contributed by atoms with Gasteiger partial charge in [0.05, 0.1) is 13.2 Å². The predicted octanol–water partition coefficient (Wildman–Crippen LogP) is 3.08. The van der Waals surface area contributed by atoms with Crippen LogP contribution in [0.25, 0.3) is 11.1 Å². The molecule has 0 bridgehead atoms. The van der Waals surface area contributed by atoms with Gasteiger partial charge in [-0.3, -0.25) is 4.90 Å². The van der Waals surface area contributed by atoms with E-state index in [0.717, 1.165) is 43.1 Å². The first-order valence-electron chi connectivity index (χ1n) is 7.91. The zero-order valence-corrected chi connectivity index (χ0v) is 13.5. The maximum absolute atomic E-state index is 11.1. The minimum absolute atomic E-state index is 0.225. The van der Waals surface area contributed by atoms with E-state index >= 15 is 0 Å². The number of carbonyl (C=O) groups is 1. The van der Waals surface area contributed by atoms with Crippen LogP contribution >= 0.6 is 0 Å². The zero-order chi connectivity index (χ0) is 16.4. The molecule has 2 heterocycles. The molecule has 1 fully saturated rings. The Balaban J connectivity index is 1.80. The van der Waals surface area contributed by atoms with E-state index < -0.39 is 5.97 Å². The molecule has 2 aromatic rings. The van der Waals surface area contributed by atoms with Crippen LogP contribution in [-0.2, 0) is 4.74 Å². The molecule has 0 spiro atoms. The largest absolute Gasteiger partial charge is 0.477 e. The van der Waals surface area contributed by atoms with E-state index in [-0.39, 0.29) is 5.69 Å². The molecule has 0 amide bonds. The number of benzene rings is 1. The van der Waals surface area contributed by atoms with Crippen molar-refractivity contribution in [3.63, 3.8) is 0 Å². The zero-order valence-electron chi connectivity index (χ0n) is 13.5. The highest BCUT2D eigenvalue weighted by atomic mass is 16.5. The van der Waals surface area contributed by atoms with Crippen LogP contribution in [0.1, 0.15) is 34.7 Å². The number of ether oxygens (including phenoxy) is 1. The van der Waals surface area contributed by atoms with E-state index in [1.807, 2.05) is 6.92 Å². The van der Waals surface area contributed by atoms with Crippen molar-refractivity contribution in [1.82, 2.24) is 9.88 Å². The van der Waals surface area contributed by atoms with Crippen molar-refractivity contribution in [3.05, 3.63) is 47.3 Å². The molecule has 1 atom stereocenters. The minimum atomic E-state index is -0.933. The monoisotopic (exact) mass is 314 g/mol. The van der Waals surface area contributed by atoms with Gasteiger partial charge in [0, 0.05) is 30.4 Å². The number of hydrogen-bond acceptors (Lipinski definition) is 3. The molecule has 122 valence electrons. The third-order valence-electron chi connectivity index (χ3n) is 4.54. The first kappa shape index (κ1) is 15.8. The molecule has 23 heavy (non-hydrogen) atoms. The summed E-state index contributed by atoms with van der Waals surface area (Å²) < 4.78 is 5.40. The fraction of sp³-hybridized carbons (Fsp3) is 0.389. The van der Waals surface area contributed by atoms with Crippen LogP contribution in [-0.4, -0.2) is 47.3 Å². The predicted molar refractivity (Wildman–Crippen MR) is 88.7 cm³/mol. The lowest BCUT2D eigenvalue weighted by Crippen LogP contribution is -2.37. The standard InChI is InChI=1S/C18H22N2O3/c1-12-16(11-17(19-12)18(21)22)15-5-3-14(4-6-15)13(2)20-7-9-23-10-8-20/h3-6,11,13,19H,7-10H2,1-2H3,(H,21,22)/t13-/m0/s1. The number of hydrogen-bond donors (Lipinski definition) is 2. The van der Waals surface area contributed by atoms with Gasteiger partial charge in [-0.25, -0.2) is 4.79 Å². The molecule has 3 rings (SSSR count). The summed E-state index contributed by atoms with van der Waals surface area (Å²) in [5.41, 5.74) is 4.33. The Morgan fingerprint density at radius 3 is 2.48 bits per heavy atom. The minimum Gasteiger partial charge on any atom is -0.477 e. The Bertz CT molecular complexity index is 685. The Kier molecular flexibility index (Phi) is 4.50. The molecule has 2 N–H and O–H groups in total. The highest BCUT2D eigenvalue weighted by molar-refractivity contribution is 5.88. The topological polar surface area (TPSA) is 65.6 Å². The molecule has 1 aromatic carbocycles. The summed E-state index contributed by atoms with van der Waals surface area (Å²) in [4.78, 5) is 16.4. The van der Waals surface area contributed by atoms with Crippen LogP contribution in [0.5, 0.6) is 0 Å². The maximum Gasteiger partial charge on any atom is 0.352 e. The number of carboxylic acid groups (broad SMARTS) is 1. The quantitative estimate of drug-likeness (QED) is 0.910. The number of carboxylic acids is 1. The fourth-order valence-corrected chi connectivity index (χ4v) is 3.09. The van der Waals surface area contributed by atoms with E-state index in [1.54, 1.807) is 6.07 Å². The van der Waals surface area contributed by atoms with Gasteiger partial charge < -0.3 is 14.8 Å². The van der Waals surface area contributed by atoms with Crippen LogP contribution in [0.3, 0.4) is 0 Å². The van der Waals surface area contributed by atoms with Crippen LogP contribution in [0.4, 0.5) is 0 Å². The van der Waals surface area contributed by atoms with Gasteiger partial charge in [0.15, 0.2) is 0 Å². The van der Waals surface area contributed by atoms with E-state index in [2.05, 4.69) is 41.1 Å². The van der Waals surface area contributed by atoms with Gasteiger partial charge in [-0.15, -0.1) is 0 Å². The number of aryl methyl sites for hydroxylation is 1. The highest BCUT2D eigenvalue weighted by Crippen LogP contribution is 2.28. The summed E-state index contributed by atoms with van der Waals surface area (Å²) in [6, 6.07) is 10.4. The molecule has 0 saturated carbocycles.